The predicted molar refractivity (Wildman–Crippen MR) is 98.1 cm³/mol. The van der Waals surface area contributed by atoms with Crippen molar-refractivity contribution in [1.82, 2.24) is 15.3 Å². The number of amides is 1. The fraction of sp³-hybridized carbons (Fsp3) is 0.389. The molecule has 0 saturated heterocycles. The van der Waals surface area contributed by atoms with Crippen LogP contribution in [0.1, 0.15) is 28.9 Å². The molecule has 0 aliphatic rings. The lowest BCUT2D eigenvalue weighted by molar-refractivity contribution is -0.121. The summed E-state index contributed by atoms with van der Waals surface area (Å²) in [5.74, 6) is -0.326. The topological polar surface area (TPSA) is 95.3 Å². The van der Waals surface area contributed by atoms with E-state index in [-0.39, 0.29) is 17.4 Å². The molecule has 1 aromatic heterocycles. The molecule has 1 amide bonds. The summed E-state index contributed by atoms with van der Waals surface area (Å²) in [6, 6.07) is 4.66. The summed E-state index contributed by atoms with van der Waals surface area (Å²) in [5, 5.41) is 22.4. The van der Waals surface area contributed by atoms with Gasteiger partial charge in [-0.1, -0.05) is 17.8 Å². The van der Waals surface area contributed by atoms with E-state index >= 15 is 0 Å². The first-order valence-corrected chi connectivity index (χ1v) is 9.29. The Balaban J connectivity index is 1.82. The van der Waals surface area contributed by atoms with Crippen LogP contribution < -0.4 is 5.32 Å². The van der Waals surface area contributed by atoms with Gasteiger partial charge < -0.3 is 15.5 Å². The third kappa shape index (κ3) is 5.35. The fourth-order valence-electron chi connectivity index (χ4n) is 2.56. The Morgan fingerprint density at radius 1 is 1.12 bits per heavy atom. The Hall–Kier alpha value is -2.28. The number of nitrogens with one attached hydrogen (secondary N) is 1. The van der Waals surface area contributed by atoms with Crippen molar-refractivity contribution < 1.29 is 15.0 Å². The van der Waals surface area contributed by atoms with Crippen molar-refractivity contribution in [2.75, 3.05) is 12.8 Å². The normalized spacial score (nSPS) is 10.7. The average molecular weight is 361 g/mol. The molecule has 1 heterocycles. The van der Waals surface area contributed by atoms with Gasteiger partial charge in [0, 0.05) is 24.4 Å². The maximum absolute atomic E-state index is 12.0. The SMILES string of the molecule is CSc1nc(C)c(CCC(=O)NCCc2ccc(O)c(O)c2)c(C)n1. The van der Waals surface area contributed by atoms with Crippen molar-refractivity contribution in [1.29, 1.82) is 0 Å². The van der Waals surface area contributed by atoms with E-state index in [0.717, 1.165) is 27.7 Å². The second kappa shape index (κ2) is 8.71. The second-order valence-corrected chi connectivity index (χ2v) is 6.56. The number of nitrogens with zero attached hydrogens (tertiary/aromatic N) is 2. The Labute approximate surface area is 151 Å². The van der Waals surface area contributed by atoms with Crippen molar-refractivity contribution in [2.45, 2.75) is 38.3 Å². The number of phenolic OH excluding ortho intramolecular Hbond substituents is 2. The van der Waals surface area contributed by atoms with Gasteiger partial charge in [-0.2, -0.15) is 0 Å². The number of thioether (sulfide) groups is 1. The fourth-order valence-corrected chi connectivity index (χ4v) is 3.02. The van der Waals surface area contributed by atoms with Crippen LogP contribution in [0.4, 0.5) is 0 Å². The van der Waals surface area contributed by atoms with Gasteiger partial charge in [-0.25, -0.2) is 9.97 Å². The van der Waals surface area contributed by atoms with E-state index < -0.39 is 0 Å². The van der Waals surface area contributed by atoms with Gasteiger partial charge in [-0.15, -0.1) is 0 Å². The molecule has 0 radical (unpaired) electrons. The molecule has 3 N–H and O–H groups in total. The molecule has 2 rings (SSSR count). The Morgan fingerprint density at radius 2 is 1.80 bits per heavy atom. The first kappa shape index (κ1) is 19.1. The van der Waals surface area contributed by atoms with Crippen molar-refractivity contribution in [3.63, 3.8) is 0 Å². The Morgan fingerprint density at radius 3 is 2.40 bits per heavy atom. The van der Waals surface area contributed by atoms with E-state index in [1.807, 2.05) is 20.1 Å². The van der Waals surface area contributed by atoms with Gasteiger partial charge >= 0.3 is 0 Å². The largest absolute Gasteiger partial charge is 0.504 e. The third-order valence-corrected chi connectivity index (χ3v) is 4.51. The summed E-state index contributed by atoms with van der Waals surface area (Å²) in [6.45, 7) is 4.36. The van der Waals surface area contributed by atoms with Crippen LogP contribution in [0.25, 0.3) is 0 Å². The molecule has 0 saturated carbocycles. The molecule has 1 aromatic carbocycles. The highest BCUT2D eigenvalue weighted by molar-refractivity contribution is 7.98. The van der Waals surface area contributed by atoms with Crippen LogP contribution in [0, 0.1) is 13.8 Å². The molecular weight excluding hydrogens is 338 g/mol. The van der Waals surface area contributed by atoms with Gasteiger partial charge in [0.05, 0.1) is 0 Å². The second-order valence-electron chi connectivity index (χ2n) is 5.78. The molecule has 25 heavy (non-hydrogen) atoms. The number of benzene rings is 1. The molecule has 2 aromatic rings. The molecule has 0 aliphatic carbocycles. The summed E-state index contributed by atoms with van der Waals surface area (Å²) in [5.41, 5.74) is 3.72. The number of phenols is 2. The summed E-state index contributed by atoms with van der Waals surface area (Å²) >= 11 is 1.51. The molecule has 0 bridgehead atoms. The lowest BCUT2D eigenvalue weighted by Crippen LogP contribution is -2.26. The van der Waals surface area contributed by atoms with E-state index in [1.165, 1.54) is 23.9 Å². The lowest BCUT2D eigenvalue weighted by atomic mass is 10.1. The highest BCUT2D eigenvalue weighted by Crippen LogP contribution is 2.24. The minimum atomic E-state index is -0.150. The maximum atomic E-state index is 12.0. The summed E-state index contributed by atoms with van der Waals surface area (Å²) in [6.07, 6.45) is 3.51. The third-order valence-electron chi connectivity index (χ3n) is 3.96. The van der Waals surface area contributed by atoms with Gasteiger partial charge in [-0.3, -0.25) is 4.79 Å². The number of aromatic nitrogens is 2. The molecule has 0 spiro atoms. The molecular formula is C18H23N3O3S. The van der Waals surface area contributed by atoms with Crippen LogP contribution in [-0.2, 0) is 17.6 Å². The molecule has 7 heteroatoms. The molecule has 0 aliphatic heterocycles. The minimum Gasteiger partial charge on any atom is -0.504 e. The molecule has 6 nitrogen and oxygen atoms in total. The highest BCUT2D eigenvalue weighted by atomic mass is 32.2. The lowest BCUT2D eigenvalue weighted by Gasteiger charge is -2.10. The minimum absolute atomic E-state index is 0.0317. The number of carbonyl (C=O) groups is 1. The van der Waals surface area contributed by atoms with Gasteiger partial charge in [0.2, 0.25) is 5.91 Å². The average Bonchev–Trinajstić information content (AvgIpc) is 2.57. The molecule has 0 unspecified atom stereocenters. The first-order chi connectivity index (χ1) is 11.9. The molecule has 134 valence electrons. The van der Waals surface area contributed by atoms with Gasteiger partial charge in [0.25, 0.3) is 0 Å². The van der Waals surface area contributed by atoms with Gasteiger partial charge in [-0.05, 0) is 56.2 Å². The maximum Gasteiger partial charge on any atom is 0.220 e. The smallest absolute Gasteiger partial charge is 0.220 e. The van der Waals surface area contributed by atoms with Crippen molar-refractivity contribution in [3.05, 3.63) is 40.7 Å². The number of hydrogen-bond donors (Lipinski definition) is 3. The monoisotopic (exact) mass is 361 g/mol. The first-order valence-electron chi connectivity index (χ1n) is 8.06. The van der Waals surface area contributed by atoms with Crippen LogP contribution in [0.5, 0.6) is 11.5 Å². The number of hydrogen-bond acceptors (Lipinski definition) is 6. The van der Waals surface area contributed by atoms with Crippen molar-refractivity contribution in [3.8, 4) is 11.5 Å². The van der Waals surface area contributed by atoms with Crippen molar-refractivity contribution >= 4 is 17.7 Å². The van der Waals surface area contributed by atoms with Gasteiger partial charge in [0.1, 0.15) is 0 Å². The number of aromatic hydroxyl groups is 2. The van der Waals surface area contributed by atoms with E-state index in [1.54, 1.807) is 6.07 Å². The zero-order valence-corrected chi connectivity index (χ0v) is 15.5. The Bertz CT molecular complexity index is 742. The molecule has 0 fully saturated rings. The van der Waals surface area contributed by atoms with Crippen LogP contribution in [0.3, 0.4) is 0 Å². The predicted octanol–water partition coefficient (Wildman–Crippen LogP) is 2.52. The molecule has 0 atom stereocenters. The summed E-state index contributed by atoms with van der Waals surface area (Å²) in [7, 11) is 0. The highest BCUT2D eigenvalue weighted by Gasteiger charge is 2.10. The number of aryl methyl sites for hydroxylation is 2. The number of rotatable bonds is 7. The zero-order chi connectivity index (χ0) is 18.4. The van der Waals surface area contributed by atoms with E-state index in [4.69, 9.17) is 0 Å². The quantitative estimate of drug-likeness (QED) is 0.398. The zero-order valence-electron chi connectivity index (χ0n) is 14.7. The van der Waals surface area contributed by atoms with Crippen LogP contribution in [0.2, 0.25) is 0 Å². The van der Waals surface area contributed by atoms with Crippen LogP contribution in [-0.4, -0.2) is 38.9 Å². The van der Waals surface area contributed by atoms with E-state index in [9.17, 15) is 15.0 Å². The summed E-state index contributed by atoms with van der Waals surface area (Å²) in [4.78, 5) is 20.9. The van der Waals surface area contributed by atoms with Crippen LogP contribution in [0.15, 0.2) is 23.4 Å². The van der Waals surface area contributed by atoms with E-state index in [0.29, 0.717) is 25.8 Å². The summed E-state index contributed by atoms with van der Waals surface area (Å²) < 4.78 is 0. The van der Waals surface area contributed by atoms with Gasteiger partial charge in [0.15, 0.2) is 16.7 Å². The standard InChI is InChI=1S/C18H23N3O3S/c1-11-14(12(2)21-18(20-11)25-3)5-7-17(24)19-9-8-13-4-6-15(22)16(23)10-13/h4,6,10,22-23H,5,7-9H2,1-3H3,(H,19,24). The van der Waals surface area contributed by atoms with Crippen molar-refractivity contribution in [2.24, 2.45) is 0 Å². The van der Waals surface area contributed by atoms with E-state index in [2.05, 4.69) is 15.3 Å². The Kier molecular flexibility index (Phi) is 6.64. The van der Waals surface area contributed by atoms with Crippen LogP contribution >= 0.6 is 11.8 Å². The number of carbonyl (C=O) groups excluding carboxylic acids is 1.